The molecule has 0 aromatic heterocycles. The Bertz CT molecular complexity index is 172. The minimum Gasteiger partial charge on any atom is -0.371 e. The van der Waals surface area contributed by atoms with Crippen LogP contribution < -0.4 is 0 Å². The summed E-state index contributed by atoms with van der Waals surface area (Å²) >= 11 is 0. The van der Waals surface area contributed by atoms with Crippen molar-refractivity contribution in [2.75, 3.05) is 26.4 Å². The highest BCUT2D eigenvalue weighted by atomic mass is 16.8. The number of aliphatic hydroxyl groups is 1. The molecule has 0 aromatic rings. The average molecular weight is 204 g/mol. The standard InChI is InChI=1S/C9H16O5/c1-2-9(10,13-5-7-3-11-7)14-6-8-4-12-8/h7-8,10H,2-6H2,1H3. The van der Waals surface area contributed by atoms with Crippen LogP contribution in [0.3, 0.4) is 0 Å². The van der Waals surface area contributed by atoms with Gasteiger partial charge in [0.25, 0.3) is 5.97 Å². The Morgan fingerprint density at radius 3 is 1.93 bits per heavy atom. The Morgan fingerprint density at radius 2 is 1.64 bits per heavy atom. The van der Waals surface area contributed by atoms with Crippen LogP contribution in [-0.2, 0) is 18.9 Å². The maximum absolute atomic E-state index is 9.82. The highest BCUT2D eigenvalue weighted by Gasteiger charge is 2.34. The molecule has 0 bridgehead atoms. The van der Waals surface area contributed by atoms with Gasteiger partial charge >= 0.3 is 0 Å². The molecule has 0 spiro atoms. The van der Waals surface area contributed by atoms with Crippen molar-refractivity contribution in [1.29, 1.82) is 0 Å². The summed E-state index contributed by atoms with van der Waals surface area (Å²) in [7, 11) is 0. The fraction of sp³-hybridized carbons (Fsp3) is 1.00. The molecule has 2 saturated heterocycles. The minimum atomic E-state index is -1.47. The Hall–Kier alpha value is -0.200. The summed E-state index contributed by atoms with van der Waals surface area (Å²) in [5.41, 5.74) is 0. The lowest BCUT2D eigenvalue weighted by Gasteiger charge is -2.26. The number of hydrogen-bond acceptors (Lipinski definition) is 5. The van der Waals surface area contributed by atoms with E-state index in [0.717, 1.165) is 0 Å². The van der Waals surface area contributed by atoms with E-state index in [0.29, 0.717) is 32.8 Å². The van der Waals surface area contributed by atoms with Crippen molar-refractivity contribution >= 4 is 0 Å². The SMILES string of the molecule is CCC(O)(OCC1CO1)OCC1CO1. The monoisotopic (exact) mass is 204 g/mol. The van der Waals surface area contributed by atoms with Crippen LogP contribution in [0.1, 0.15) is 13.3 Å². The number of ether oxygens (including phenoxy) is 4. The molecule has 0 saturated carbocycles. The predicted octanol–water partition coefficient (Wildman–Crippen LogP) is -0.127. The molecule has 5 nitrogen and oxygen atoms in total. The third-order valence-corrected chi connectivity index (χ3v) is 2.24. The van der Waals surface area contributed by atoms with Gasteiger partial charge in [0.1, 0.15) is 12.2 Å². The first-order chi connectivity index (χ1) is 6.72. The quantitative estimate of drug-likeness (QED) is 0.462. The molecular formula is C9H16O5. The molecule has 2 unspecified atom stereocenters. The maximum Gasteiger partial charge on any atom is 0.280 e. The first-order valence-corrected chi connectivity index (χ1v) is 4.95. The summed E-state index contributed by atoms with van der Waals surface area (Å²) in [6.07, 6.45) is 0.662. The Morgan fingerprint density at radius 1 is 1.21 bits per heavy atom. The van der Waals surface area contributed by atoms with Crippen molar-refractivity contribution in [3.63, 3.8) is 0 Å². The van der Waals surface area contributed by atoms with Crippen molar-refractivity contribution in [2.45, 2.75) is 31.5 Å². The van der Waals surface area contributed by atoms with E-state index in [2.05, 4.69) is 0 Å². The van der Waals surface area contributed by atoms with Gasteiger partial charge in [0.15, 0.2) is 0 Å². The van der Waals surface area contributed by atoms with Gasteiger partial charge in [-0.15, -0.1) is 0 Å². The number of hydrogen-bond donors (Lipinski definition) is 1. The van der Waals surface area contributed by atoms with Crippen LogP contribution in [0.4, 0.5) is 0 Å². The van der Waals surface area contributed by atoms with Crippen LogP contribution in [0.25, 0.3) is 0 Å². The smallest absolute Gasteiger partial charge is 0.280 e. The van der Waals surface area contributed by atoms with Gasteiger partial charge in [0, 0.05) is 6.42 Å². The molecule has 2 aliphatic rings. The van der Waals surface area contributed by atoms with Gasteiger partial charge in [-0.3, -0.25) is 0 Å². The van der Waals surface area contributed by atoms with E-state index < -0.39 is 5.97 Å². The molecular weight excluding hydrogens is 188 g/mol. The zero-order chi connectivity index (χ0) is 10.0. The molecule has 82 valence electrons. The minimum absolute atomic E-state index is 0.133. The van der Waals surface area contributed by atoms with Crippen molar-refractivity contribution in [3.05, 3.63) is 0 Å². The highest BCUT2D eigenvalue weighted by molar-refractivity contribution is 4.71. The summed E-state index contributed by atoms with van der Waals surface area (Å²) in [6.45, 7) is 4.00. The zero-order valence-electron chi connectivity index (χ0n) is 8.27. The average Bonchev–Trinajstić information content (AvgIpc) is 3.05. The largest absolute Gasteiger partial charge is 0.371 e. The topological polar surface area (TPSA) is 63.8 Å². The summed E-state index contributed by atoms with van der Waals surface area (Å²) in [6, 6.07) is 0. The fourth-order valence-corrected chi connectivity index (χ4v) is 1.02. The van der Waals surface area contributed by atoms with Crippen LogP contribution in [0.5, 0.6) is 0 Å². The van der Waals surface area contributed by atoms with Gasteiger partial charge in [-0.25, -0.2) is 0 Å². The molecule has 2 aliphatic heterocycles. The first kappa shape index (κ1) is 10.3. The molecule has 5 heteroatoms. The van der Waals surface area contributed by atoms with Crippen molar-refractivity contribution in [3.8, 4) is 0 Å². The van der Waals surface area contributed by atoms with E-state index in [1.165, 1.54) is 0 Å². The number of epoxide rings is 2. The Balaban J connectivity index is 1.67. The van der Waals surface area contributed by atoms with E-state index in [1.807, 2.05) is 6.92 Å². The Kier molecular flexibility index (Phi) is 3.04. The maximum atomic E-state index is 9.82. The molecule has 2 atom stereocenters. The zero-order valence-corrected chi connectivity index (χ0v) is 8.27. The second-order valence-corrected chi connectivity index (χ2v) is 3.60. The summed E-state index contributed by atoms with van der Waals surface area (Å²) in [5, 5.41) is 9.82. The highest BCUT2D eigenvalue weighted by Crippen LogP contribution is 2.20. The number of rotatable bonds is 7. The second kappa shape index (κ2) is 4.12. The molecule has 0 radical (unpaired) electrons. The van der Waals surface area contributed by atoms with Gasteiger partial charge in [0.2, 0.25) is 0 Å². The molecule has 14 heavy (non-hydrogen) atoms. The van der Waals surface area contributed by atoms with Gasteiger partial charge in [-0.2, -0.15) is 0 Å². The molecule has 2 rings (SSSR count). The van der Waals surface area contributed by atoms with E-state index in [9.17, 15) is 5.11 Å². The molecule has 0 amide bonds. The molecule has 0 aliphatic carbocycles. The molecule has 1 N–H and O–H groups in total. The van der Waals surface area contributed by atoms with E-state index >= 15 is 0 Å². The molecule has 2 heterocycles. The normalized spacial score (nSPS) is 33.9. The van der Waals surface area contributed by atoms with Crippen LogP contribution in [0, 0.1) is 0 Å². The Labute approximate surface area is 82.9 Å². The van der Waals surface area contributed by atoms with Gasteiger partial charge in [-0.1, -0.05) is 6.92 Å². The van der Waals surface area contributed by atoms with Crippen LogP contribution >= 0.6 is 0 Å². The summed E-state index contributed by atoms with van der Waals surface area (Å²) in [4.78, 5) is 0. The lowest BCUT2D eigenvalue weighted by atomic mass is 10.4. The lowest BCUT2D eigenvalue weighted by Crippen LogP contribution is -2.37. The van der Waals surface area contributed by atoms with Crippen molar-refractivity contribution < 1.29 is 24.1 Å². The van der Waals surface area contributed by atoms with Crippen molar-refractivity contribution in [1.82, 2.24) is 0 Å². The van der Waals surface area contributed by atoms with Gasteiger partial charge < -0.3 is 24.1 Å². The van der Waals surface area contributed by atoms with Gasteiger partial charge in [-0.05, 0) is 0 Å². The summed E-state index contributed by atoms with van der Waals surface area (Å²) in [5.74, 6) is -1.47. The third-order valence-electron chi connectivity index (χ3n) is 2.24. The van der Waals surface area contributed by atoms with Crippen LogP contribution in [0.15, 0.2) is 0 Å². The van der Waals surface area contributed by atoms with Gasteiger partial charge in [0.05, 0.1) is 26.4 Å². The lowest BCUT2D eigenvalue weighted by molar-refractivity contribution is -0.362. The van der Waals surface area contributed by atoms with E-state index in [1.54, 1.807) is 0 Å². The van der Waals surface area contributed by atoms with Crippen LogP contribution in [-0.4, -0.2) is 49.7 Å². The predicted molar refractivity (Wildman–Crippen MR) is 46.6 cm³/mol. The first-order valence-electron chi connectivity index (χ1n) is 4.95. The third kappa shape index (κ3) is 3.18. The van der Waals surface area contributed by atoms with E-state index in [-0.39, 0.29) is 12.2 Å². The van der Waals surface area contributed by atoms with Crippen LogP contribution in [0.2, 0.25) is 0 Å². The molecule has 0 aromatic carbocycles. The summed E-state index contributed by atoms with van der Waals surface area (Å²) < 4.78 is 20.4. The van der Waals surface area contributed by atoms with E-state index in [4.69, 9.17) is 18.9 Å². The fourth-order valence-electron chi connectivity index (χ4n) is 1.02. The molecule has 2 fully saturated rings. The van der Waals surface area contributed by atoms with Crippen molar-refractivity contribution in [2.24, 2.45) is 0 Å². The second-order valence-electron chi connectivity index (χ2n) is 3.60.